The molecule has 7 heteroatoms. The molecule has 24 heavy (non-hydrogen) atoms. The summed E-state index contributed by atoms with van der Waals surface area (Å²) in [4.78, 5) is 13.1. The summed E-state index contributed by atoms with van der Waals surface area (Å²) in [5.41, 5.74) is 4.52. The number of benzene rings is 1. The summed E-state index contributed by atoms with van der Waals surface area (Å²) in [5, 5.41) is 12.5. The van der Waals surface area contributed by atoms with Crippen molar-refractivity contribution in [2.45, 2.75) is 0 Å². The van der Waals surface area contributed by atoms with Gasteiger partial charge in [0.1, 0.15) is 11.0 Å². The fourth-order valence-corrected chi connectivity index (χ4v) is 2.73. The van der Waals surface area contributed by atoms with E-state index in [1.54, 1.807) is 31.0 Å². The maximum Gasteiger partial charge on any atom is 0.160 e. The van der Waals surface area contributed by atoms with Crippen molar-refractivity contribution < 1.29 is 0 Å². The predicted octanol–water partition coefficient (Wildman–Crippen LogP) is 2.75. The molecule has 4 aromatic heterocycles. The molecule has 0 atom stereocenters. The third-order valence-corrected chi connectivity index (χ3v) is 3.93. The summed E-state index contributed by atoms with van der Waals surface area (Å²) in [7, 11) is 0. The molecule has 1 N–H and O–H groups in total. The Labute approximate surface area is 136 Å². The van der Waals surface area contributed by atoms with Gasteiger partial charge in [0.15, 0.2) is 5.82 Å². The monoisotopic (exact) mass is 313 g/mol. The van der Waals surface area contributed by atoms with Crippen molar-refractivity contribution in [3.63, 3.8) is 0 Å². The second-order valence-corrected chi connectivity index (χ2v) is 5.40. The van der Waals surface area contributed by atoms with E-state index in [0.717, 1.165) is 33.2 Å². The quantitative estimate of drug-likeness (QED) is 0.541. The van der Waals surface area contributed by atoms with Gasteiger partial charge in [-0.05, 0) is 30.3 Å². The minimum atomic E-state index is 0.662. The molecule has 0 unspecified atom stereocenters. The predicted molar refractivity (Wildman–Crippen MR) is 89.5 cm³/mol. The van der Waals surface area contributed by atoms with Crippen LogP contribution in [0.2, 0.25) is 0 Å². The van der Waals surface area contributed by atoms with E-state index < -0.39 is 0 Å². The normalized spacial score (nSPS) is 11.3. The van der Waals surface area contributed by atoms with Crippen molar-refractivity contribution in [3.05, 3.63) is 61.3 Å². The molecule has 0 radical (unpaired) electrons. The van der Waals surface area contributed by atoms with Gasteiger partial charge < -0.3 is 0 Å². The standard InChI is InChI=1S/C17H11N7/c1-2-14-12(8-20-23-14)7-13(1)24-16-10-19-17(22-15(16)9-21-24)11-3-5-18-6-4-11/h1-10H,(H,20,23). The van der Waals surface area contributed by atoms with Crippen LogP contribution in [-0.2, 0) is 0 Å². The van der Waals surface area contributed by atoms with Crippen molar-refractivity contribution in [1.82, 2.24) is 34.9 Å². The summed E-state index contributed by atoms with van der Waals surface area (Å²) in [6.45, 7) is 0. The van der Waals surface area contributed by atoms with E-state index in [4.69, 9.17) is 0 Å². The van der Waals surface area contributed by atoms with Gasteiger partial charge in [-0.15, -0.1) is 0 Å². The van der Waals surface area contributed by atoms with Crippen molar-refractivity contribution in [3.8, 4) is 17.1 Å². The molecule has 0 saturated heterocycles. The molecule has 114 valence electrons. The van der Waals surface area contributed by atoms with Crippen molar-refractivity contribution in [2.24, 2.45) is 0 Å². The highest BCUT2D eigenvalue weighted by atomic mass is 15.3. The maximum atomic E-state index is 4.60. The number of hydrogen-bond acceptors (Lipinski definition) is 5. The first-order chi connectivity index (χ1) is 11.9. The van der Waals surface area contributed by atoms with E-state index >= 15 is 0 Å². The van der Waals surface area contributed by atoms with Gasteiger partial charge in [0.25, 0.3) is 0 Å². The summed E-state index contributed by atoms with van der Waals surface area (Å²) < 4.78 is 1.83. The third kappa shape index (κ3) is 1.95. The van der Waals surface area contributed by atoms with Crippen LogP contribution in [0.15, 0.2) is 61.3 Å². The molecule has 5 rings (SSSR count). The Kier molecular flexibility index (Phi) is 2.66. The Bertz CT molecular complexity index is 1160. The van der Waals surface area contributed by atoms with Crippen molar-refractivity contribution in [1.29, 1.82) is 0 Å². The first-order valence-corrected chi connectivity index (χ1v) is 7.43. The van der Waals surface area contributed by atoms with Gasteiger partial charge in [0, 0.05) is 23.3 Å². The fraction of sp³-hybridized carbons (Fsp3) is 0. The molecule has 0 aliphatic carbocycles. The first-order valence-electron chi connectivity index (χ1n) is 7.43. The summed E-state index contributed by atoms with van der Waals surface area (Å²) in [5.74, 6) is 0.662. The van der Waals surface area contributed by atoms with Gasteiger partial charge in [-0.25, -0.2) is 14.6 Å². The van der Waals surface area contributed by atoms with Crippen LogP contribution in [0.5, 0.6) is 0 Å². The van der Waals surface area contributed by atoms with Gasteiger partial charge in [-0.2, -0.15) is 10.2 Å². The number of fused-ring (bicyclic) bond motifs is 2. The zero-order valence-corrected chi connectivity index (χ0v) is 12.5. The zero-order chi connectivity index (χ0) is 15.9. The molecular formula is C17H11N7. The van der Waals surface area contributed by atoms with Crippen LogP contribution >= 0.6 is 0 Å². The van der Waals surface area contributed by atoms with Gasteiger partial charge in [0.05, 0.1) is 29.8 Å². The summed E-state index contributed by atoms with van der Waals surface area (Å²) >= 11 is 0. The van der Waals surface area contributed by atoms with Crippen LogP contribution in [0.3, 0.4) is 0 Å². The molecule has 0 amide bonds. The Morgan fingerprint density at radius 3 is 2.79 bits per heavy atom. The second-order valence-electron chi connectivity index (χ2n) is 5.40. The molecule has 0 aliphatic heterocycles. The summed E-state index contributed by atoms with van der Waals surface area (Å²) in [6.07, 6.45) is 8.80. The molecule has 0 bridgehead atoms. The Morgan fingerprint density at radius 2 is 1.88 bits per heavy atom. The molecule has 0 aliphatic rings. The zero-order valence-electron chi connectivity index (χ0n) is 12.5. The lowest BCUT2D eigenvalue weighted by atomic mass is 10.2. The lowest BCUT2D eigenvalue weighted by Crippen LogP contribution is -1.97. The Hall–Kier alpha value is -3.61. The van der Waals surface area contributed by atoms with Gasteiger partial charge in [-0.1, -0.05) is 0 Å². The number of nitrogens with zero attached hydrogens (tertiary/aromatic N) is 6. The number of aromatic amines is 1. The highest BCUT2D eigenvalue weighted by molar-refractivity contribution is 5.82. The maximum absolute atomic E-state index is 4.60. The number of nitrogens with one attached hydrogen (secondary N) is 1. The largest absolute Gasteiger partial charge is 0.278 e. The van der Waals surface area contributed by atoms with Crippen LogP contribution in [0.25, 0.3) is 39.0 Å². The van der Waals surface area contributed by atoms with Gasteiger partial charge in [-0.3, -0.25) is 10.1 Å². The molecule has 0 fully saturated rings. The number of pyridine rings is 1. The van der Waals surface area contributed by atoms with Gasteiger partial charge in [0.2, 0.25) is 0 Å². The number of hydrogen-bond donors (Lipinski definition) is 1. The molecule has 0 spiro atoms. The minimum absolute atomic E-state index is 0.662. The number of aromatic nitrogens is 7. The number of H-pyrrole nitrogens is 1. The topological polar surface area (TPSA) is 85.2 Å². The molecule has 1 aromatic carbocycles. The van der Waals surface area contributed by atoms with E-state index in [9.17, 15) is 0 Å². The second kappa shape index (κ2) is 4.95. The Morgan fingerprint density at radius 1 is 0.958 bits per heavy atom. The third-order valence-electron chi connectivity index (χ3n) is 3.93. The van der Waals surface area contributed by atoms with E-state index in [-0.39, 0.29) is 0 Å². The van der Waals surface area contributed by atoms with Crippen LogP contribution < -0.4 is 0 Å². The van der Waals surface area contributed by atoms with Gasteiger partial charge >= 0.3 is 0 Å². The lowest BCUT2D eigenvalue weighted by Gasteiger charge is -2.04. The molecule has 5 aromatic rings. The van der Waals surface area contributed by atoms with Crippen LogP contribution in [-0.4, -0.2) is 34.9 Å². The summed E-state index contributed by atoms with van der Waals surface area (Å²) in [6, 6.07) is 9.78. The van der Waals surface area contributed by atoms with E-state index in [1.165, 1.54) is 0 Å². The average molecular weight is 313 g/mol. The lowest BCUT2D eigenvalue weighted by molar-refractivity contribution is 0.910. The molecule has 4 heterocycles. The smallest absolute Gasteiger partial charge is 0.160 e. The fourth-order valence-electron chi connectivity index (χ4n) is 2.73. The van der Waals surface area contributed by atoms with Crippen LogP contribution in [0, 0.1) is 0 Å². The van der Waals surface area contributed by atoms with E-state index in [1.807, 2.05) is 35.0 Å². The molecule has 7 nitrogen and oxygen atoms in total. The highest BCUT2D eigenvalue weighted by Gasteiger charge is 2.10. The SMILES string of the molecule is c1cc(-c2ncc3c(cnn3-c3ccc4[nH]ncc4c3)n2)ccn1. The van der Waals surface area contributed by atoms with Crippen LogP contribution in [0.4, 0.5) is 0 Å². The van der Waals surface area contributed by atoms with Crippen LogP contribution in [0.1, 0.15) is 0 Å². The van der Waals surface area contributed by atoms with E-state index in [2.05, 4.69) is 30.2 Å². The minimum Gasteiger partial charge on any atom is -0.278 e. The Balaban J connectivity index is 1.65. The number of rotatable bonds is 2. The van der Waals surface area contributed by atoms with Crippen molar-refractivity contribution >= 4 is 21.9 Å². The van der Waals surface area contributed by atoms with Crippen molar-refractivity contribution in [2.75, 3.05) is 0 Å². The highest BCUT2D eigenvalue weighted by Crippen LogP contribution is 2.22. The van der Waals surface area contributed by atoms with E-state index in [0.29, 0.717) is 5.82 Å². The molecular weight excluding hydrogens is 302 g/mol. The first kappa shape index (κ1) is 12.9. The molecule has 0 saturated carbocycles. The average Bonchev–Trinajstić information content (AvgIpc) is 3.27.